The van der Waals surface area contributed by atoms with Crippen LogP contribution in [0.15, 0.2) is 55.1 Å². The number of hydrogen-bond acceptors (Lipinski definition) is 5. The van der Waals surface area contributed by atoms with E-state index >= 15 is 0 Å². The summed E-state index contributed by atoms with van der Waals surface area (Å²) >= 11 is 0. The number of carbonyl (C=O) groups excluding carboxylic acids is 1. The first-order valence-corrected chi connectivity index (χ1v) is 9.35. The molecule has 2 rings (SSSR count). The van der Waals surface area contributed by atoms with Gasteiger partial charge in [0.1, 0.15) is 18.3 Å². The first kappa shape index (κ1) is 21.4. The van der Waals surface area contributed by atoms with E-state index in [1.807, 2.05) is 63.3 Å². The maximum atomic E-state index is 12.3. The van der Waals surface area contributed by atoms with Crippen molar-refractivity contribution in [3.8, 4) is 0 Å². The SMILES string of the molecule is C=C[C@@H]1OC(C)(C)O[C@@H]1[C@@H](C/C=C\C)OC(=O)CCOCc1ccccc1. The Bertz CT molecular complexity index is 623. The Morgan fingerprint density at radius 3 is 2.70 bits per heavy atom. The van der Waals surface area contributed by atoms with Gasteiger partial charge >= 0.3 is 5.97 Å². The molecule has 0 bridgehead atoms. The van der Waals surface area contributed by atoms with Crippen LogP contribution in [0.25, 0.3) is 0 Å². The molecule has 0 saturated carbocycles. The summed E-state index contributed by atoms with van der Waals surface area (Å²) in [6.07, 6.45) is 5.18. The van der Waals surface area contributed by atoms with Crippen molar-refractivity contribution in [2.45, 2.75) is 64.3 Å². The second-order valence-electron chi connectivity index (χ2n) is 6.92. The van der Waals surface area contributed by atoms with Crippen LogP contribution in [0.4, 0.5) is 0 Å². The minimum Gasteiger partial charge on any atom is -0.459 e. The maximum Gasteiger partial charge on any atom is 0.308 e. The summed E-state index contributed by atoms with van der Waals surface area (Å²) in [4.78, 5) is 12.3. The molecule has 0 amide bonds. The lowest BCUT2D eigenvalue weighted by Gasteiger charge is -2.25. The van der Waals surface area contributed by atoms with E-state index in [1.165, 1.54) is 0 Å². The highest BCUT2D eigenvalue weighted by atomic mass is 16.8. The van der Waals surface area contributed by atoms with E-state index in [0.29, 0.717) is 19.6 Å². The molecule has 0 aliphatic carbocycles. The van der Waals surface area contributed by atoms with Gasteiger partial charge in [-0.2, -0.15) is 0 Å². The minimum atomic E-state index is -0.733. The van der Waals surface area contributed by atoms with Crippen LogP contribution in [0.3, 0.4) is 0 Å². The topological polar surface area (TPSA) is 54.0 Å². The lowest BCUT2D eigenvalue weighted by Crippen LogP contribution is -2.38. The highest BCUT2D eigenvalue weighted by Crippen LogP contribution is 2.32. The highest BCUT2D eigenvalue weighted by molar-refractivity contribution is 5.69. The number of benzene rings is 1. The molecule has 5 heteroatoms. The van der Waals surface area contributed by atoms with Crippen molar-refractivity contribution < 1.29 is 23.7 Å². The average Bonchev–Trinajstić information content (AvgIpc) is 2.98. The number of hydrogen-bond donors (Lipinski definition) is 0. The first-order valence-electron chi connectivity index (χ1n) is 9.35. The van der Waals surface area contributed by atoms with Crippen LogP contribution in [0.2, 0.25) is 0 Å². The van der Waals surface area contributed by atoms with Crippen LogP contribution >= 0.6 is 0 Å². The van der Waals surface area contributed by atoms with Crippen molar-refractivity contribution >= 4 is 5.97 Å². The summed E-state index contributed by atoms with van der Waals surface area (Å²) in [7, 11) is 0. The van der Waals surface area contributed by atoms with E-state index in [9.17, 15) is 4.79 Å². The maximum absolute atomic E-state index is 12.3. The smallest absolute Gasteiger partial charge is 0.308 e. The van der Waals surface area contributed by atoms with Gasteiger partial charge in [0.15, 0.2) is 5.79 Å². The molecule has 0 unspecified atom stereocenters. The van der Waals surface area contributed by atoms with Crippen LogP contribution in [0.5, 0.6) is 0 Å². The third kappa shape index (κ3) is 6.94. The zero-order valence-corrected chi connectivity index (χ0v) is 16.4. The fourth-order valence-corrected chi connectivity index (χ4v) is 2.95. The summed E-state index contributed by atoms with van der Waals surface area (Å²) in [5, 5.41) is 0. The lowest BCUT2D eigenvalue weighted by atomic mass is 10.0. The van der Waals surface area contributed by atoms with Gasteiger partial charge in [-0.3, -0.25) is 4.79 Å². The third-order valence-electron chi connectivity index (χ3n) is 4.21. The van der Waals surface area contributed by atoms with Crippen molar-refractivity contribution in [3.63, 3.8) is 0 Å². The number of ether oxygens (including phenoxy) is 4. The molecule has 1 aliphatic heterocycles. The van der Waals surface area contributed by atoms with Gasteiger partial charge < -0.3 is 18.9 Å². The van der Waals surface area contributed by atoms with Crippen LogP contribution < -0.4 is 0 Å². The lowest BCUT2D eigenvalue weighted by molar-refractivity contribution is -0.171. The average molecular weight is 374 g/mol. The molecule has 5 nitrogen and oxygen atoms in total. The van der Waals surface area contributed by atoms with Crippen LogP contribution in [0.1, 0.15) is 39.2 Å². The van der Waals surface area contributed by atoms with Crippen LogP contribution in [-0.2, 0) is 30.3 Å². The zero-order chi connectivity index (χ0) is 19.7. The van der Waals surface area contributed by atoms with Gasteiger partial charge in [-0.05, 0) is 26.3 Å². The van der Waals surface area contributed by atoms with Crippen molar-refractivity contribution in [1.29, 1.82) is 0 Å². The predicted octanol–water partition coefficient (Wildman–Crippen LogP) is 4.18. The van der Waals surface area contributed by atoms with Crippen molar-refractivity contribution in [1.82, 2.24) is 0 Å². The Balaban J connectivity index is 1.85. The van der Waals surface area contributed by atoms with E-state index < -0.39 is 11.9 Å². The summed E-state index contributed by atoms with van der Waals surface area (Å²) in [6.45, 7) is 10.2. The molecule has 1 fully saturated rings. The standard InChI is InChI=1S/C22H30O5/c1-5-7-13-19(21-18(6-2)26-22(3,4)27-21)25-20(23)14-15-24-16-17-11-9-8-10-12-17/h5-12,18-19,21H,2,13-16H2,1,3-4H3/b7-5-/t18-,19+,21-/m0/s1. The summed E-state index contributed by atoms with van der Waals surface area (Å²) < 4.78 is 23.0. The normalized spacial score (nSPS) is 22.6. The van der Waals surface area contributed by atoms with Gasteiger partial charge in [0.05, 0.1) is 19.6 Å². The molecular formula is C22H30O5. The monoisotopic (exact) mass is 374 g/mol. The Labute approximate surface area is 162 Å². The fraction of sp³-hybridized carbons (Fsp3) is 0.500. The molecule has 1 aromatic carbocycles. The zero-order valence-electron chi connectivity index (χ0n) is 16.4. The van der Waals surface area contributed by atoms with E-state index in [1.54, 1.807) is 6.08 Å². The quantitative estimate of drug-likeness (QED) is 0.349. The van der Waals surface area contributed by atoms with Gasteiger partial charge in [-0.25, -0.2) is 0 Å². The van der Waals surface area contributed by atoms with E-state index in [-0.39, 0.29) is 24.6 Å². The number of allylic oxidation sites excluding steroid dienone is 1. The number of esters is 1. The first-order chi connectivity index (χ1) is 12.9. The van der Waals surface area contributed by atoms with Gasteiger partial charge in [0.2, 0.25) is 0 Å². The highest BCUT2D eigenvalue weighted by Gasteiger charge is 2.44. The van der Waals surface area contributed by atoms with Gasteiger partial charge in [-0.1, -0.05) is 48.6 Å². The second-order valence-corrected chi connectivity index (χ2v) is 6.92. The molecule has 0 spiro atoms. The number of rotatable bonds is 10. The van der Waals surface area contributed by atoms with Crippen LogP contribution in [-0.4, -0.2) is 36.7 Å². The van der Waals surface area contributed by atoms with E-state index in [0.717, 1.165) is 5.56 Å². The molecule has 148 valence electrons. The summed E-state index contributed by atoms with van der Waals surface area (Å²) in [5.74, 6) is -1.04. The molecule has 1 heterocycles. The molecule has 0 N–H and O–H groups in total. The van der Waals surface area contributed by atoms with Crippen molar-refractivity contribution in [2.24, 2.45) is 0 Å². The molecular weight excluding hydrogens is 344 g/mol. The van der Waals surface area contributed by atoms with E-state index in [4.69, 9.17) is 18.9 Å². The molecule has 0 aromatic heterocycles. The molecule has 27 heavy (non-hydrogen) atoms. The largest absolute Gasteiger partial charge is 0.459 e. The molecule has 0 radical (unpaired) electrons. The Morgan fingerprint density at radius 2 is 2.04 bits per heavy atom. The predicted molar refractivity (Wildman–Crippen MR) is 104 cm³/mol. The third-order valence-corrected chi connectivity index (χ3v) is 4.21. The van der Waals surface area contributed by atoms with Crippen molar-refractivity contribution in [3.05, 3.63) is 60.7 Å². The van der Waals surface area contributed by atoms with Gasteiger partial charge in [-0.15, -0.1) is 6.58 Å². The van der Waals surface area contributed by atoms with E-state index in [2.05, 4.69) is 6.58 Å². The molecule has 1 aliphatic rings. The Kier molecular flexibility index (Phi) is 8.23. The molecule has 1 saturated heterocycles. The van der Waals surface area contributed by atoms with Gasteiger partial charge in [0.25, 0.3) is 0 Å². The second kappa shape index (κ2) is 10.4. The minimum absolute atomic E-state index is 0.189. The fourth-order valence-electron chi connectivity index (χ4n) is 2.95. The Morgan fingerprint density at radius 1 is 1.30 bits per heavy atom. The molecule has 3 atom stereocenters. The Hall–Kier alpha value is -1.95. The van der Waals surface area contributed by atoms with Gasteiger partial charge in [0, 0.05) is 6.42 Å². The summed E-state index contributed by atoms with van der Waals surface area (Å²) in [6, 6.07) is 9.85. The summed E-state index contributed by atoms with van der Waals surface area (Å²) in [5.41, 5.74) is 1.07. The number of carbonyl (C=O) groups is 1. The van der Waals surface area contributed by atoms with Crippen LogP contribution in [0, 0.1) is 0 Å². The molecule has 1 aromatic rings. The van der Waals surface area contributed by atoms with Crippen molar-refractivity contribution in [2.75, 3.05) is 6.61 Å².